The summed E-state index contributed by atoms with van der Waals surface area (Å²) in [5, 5.41) is 9.59. The molecule has 0 fully saturated rings. The molecular weight excluding hydrogens is 433 g/mol. The van der Waals surface area contributed by atoms with Crippen LogP contribution in [0.3, 0.4) is 0 Å². The fourth-order valence-electron chi connectivity index (χ4n) is 3.90. The van der Waals surface area contributed by atoms with Gasteiger partial charge in [-0.25, -0.2) is 0 Å². The van der Waals surface area contributed by atoms with E-state index in [1.807, 2.05) is 31.2 Å². The number of hydrogen-bond donors (Lipinski definition) is 2. The van der Waals surface area contributed by atoms with Gasteiger partial charge in [0.05, 0.1) is 12.0 Å². The summed E-state index contributed by atoms with van der Waals surface area (Å²) in [7, 11) is 0. The van der Waals surface area contributed by atoms with E-state index in [-0.39, 0.29) is 31.1 Å². The fourth-order valence-corrected chi connectivity index (χ4v) is 3.90. The molecule has 4 rings (SSSR count). The number of rotatable bonds is 5. The highest BCUT2D eigenvalue weighted by molar-refractivity contribution is 5.94. The third-order valence-electron chi connectivity index (χ3n) is 5.81. The van der Waals surface area contributed by atoms with Crippen LogP contribution in [-0.2, 0) is 36.9 Å². The number of alkyl halides is 3. The normalized spacial score (nSPS) is 13.5. The van der Waals surface area contributed by atoms with Gasteiger partial charge in [0.15, 0.2) is 5.69 Å². The number of hydrogen-bond acceptors (Lipinski definition) is 3. The van der Waals surface area contributed by atoms with Gasteiger partial charge in [0, 0.05) is 37.3 Å². The Kier molecular flexibility index (Phi) is 6.22. The topological polar surface area (TPSA) is 78.1 Å². The third-order valence-corrected chi connectivity index (χ3v) is 5.81. The second-order valence-corrected chi connectivity index (χ2v) is 8.08. The zero-order valence-corrected chi connectivity index (χ0v) is 18.0. The molecule has 0 bridgehead atoms. The van der Waals surface area contributed by atoms with E-state index in [9.17, 15) is 22.8 Å². The molecule has 9 heteroatoms. The van der Waals surface area contributed by atoms with Crippen LogP contribution in [0.4, 0.5) is 13.2 Å². The Morgan fingerprint density at radius 3 is 2.70 bits per heavy atom. The molecule has 0 saturated heterocycles. The Hall–Kier alpha value is -3.62. The monoisotopic (exact) mass is 456 g/mol. The number of carbonyl (C=O) groups excluding carboxylic acids is 2. The van der Waals surface area contributed by atoms with Crippen molar-refractivity contribution >= 4 is 11.8 Å². The standard InChI is InChI=1S/C24H23F3N4O2/c1-15-5-2-3-7-17(15)12-21(32)31-10-9-20-19(14-31)22(30-29-20)23(33)28-13-16-6-4-8-18(11-16)24(25,26)27/h2-8,11H,9-10,12-14H2,1H3,(H,28,33)(H,29,30). The zero-order chi connectivity index (χ0) is 23.6. The second-order valence-electron chi connectivity index (χ2n) is 8.08. The first-order chi connectivity index (χ1) is 15.7. The molecule has 2 heterocycles. The van der Waals surface area contributed by atoms with Crippen LogP contribution in [0.5, 0.6) is 0 Å². The van der Waals surface area contributed by atoms with Gasteiger partial charge in [-0.3, -0.25) is 14.7 Å². The molecular formula is C24H23F3N4O2. The number of fused-ring (bicyclic) bond motifs is 1. The average Bonchev–Trinajstić information content (AvgIpc) is 3.22. The number of nitrogens with zero attached hydrogens (tertiary/aromatic N) is 2. The second kappa shape index (κ2) is 9.09. The largest absolute Gasteiger partial charge is 0.416 e. The highest BCUT2D eigenvalue weighted by Gasteiger charge is 2.31. The van der Waals surface area contributed by atoms with Gasteiger partial charge < -0.3 is 10.2 Å². The molecule has 172 valence electrons. The van der Waals surface area contributed by atoms with Crippen LogP contribution in [0.1, 0.15) is 44.0 Å². The average molecular weight is 456 g/mol. The molecule has 33 heavy (non-hydrogen) atoms. The molecule has 0 saturated carbocycles. The van der Waals surface area contributed by atoms with Crippen molar-refractivity contribution in [1.82, 2.24) is 20.4 Å². The summed E-state index contributed by atoms with van der Waals surface area (Å²) in [6.45, 7) is 2.66. The molecule has 0 aliphatic carbocycles. The third kappa shape index (κ3) is 5.08. The fraction of sp³-hybridized carbons (Fsp3) is 0.292. The van der Waals surface area contributed by atoms with E-state index in [0.717, 1.165) is 29.0 Å². The van der Waals surface area contributed by atoms with E-state index in [4.69, 9.17) is 0 Å². The number of nitrogens with one attached hydrogen (secondary N) is 2. The van der Waals surface area contributed by atoms with E-state index in [1.165, 1.54) is 12.1 Å². The SMILES string of the molecule is Cc1ccccc1CC(=O)N1CCc2[nH]nc(C(=O)NCc3cccc(C(F)(F)F)c3)c2C1. The van der Waals surface area contributed by atoms with Gasteiger partial charge in [0.25, 0.3) is 5.91 Å². The lowest BCUT2D eigenvalue weighted by molar-refractivity contribution is -0.137. The van der Waals surface area contributed by atoms with Crippen LogP contribution < -0.4 is 5.32 Å². The Morgan fingerprint density at radius 1 is 1.15 bits per heavy atom. The summed E-state index contributed by atoms with van der Waals surface area (Å²) in [6, 6.07) is 12.5. The molecule has 2 aromatic carbocycles. The molecule has 0 atom stereocenters. The van der Waals surface area contributed by atoms with Crippen LogP contribution in [0.25, 0.3) is 0 Å². The maximum absolute atomic E-state index is 12.9. The van der Waals surface area contributed by atoms with Crippen molar-refractivity contribution in [2.24, 2.45) is 0 Å². The van der Waals surface area contributed by atoms with Gasteiger partial charge in [-0.05, 0) is 35.7 Å². The minimum atomic E-state index is -4.45. The number of benzene rings is 2. The summed E-state index contributed by atoms with van der Waals surface area (Å²) >= 11 is 0. The summed E-state index contributed by atoms with van der Waals surface area (Å²) in [4.78, 5) is 27.3. The molecule has 3 aromatic rings. The number of aromatic amines is 1. The molecule has 0 radical (unpaired) electrons. The van der Waals surface area contributed by atoms with Gasteiger partial charge in [-0.15, -0.1) is 0 Å². The number of amides is 2. The van der Waals surface area contributed by atoms with Crippen LogP contribution in [0, 0.1) is 6.92 Å². The highest BCUT2D eigenvalue weighted by atomic mass is 19.4. The Balaban J connectivity index is 1.43. The predicted molar refractivity (Wildman–Crippen MR) is 115 cm³/mol. The number of carbonyl (C=O) groups is 2. The molecule has 0 unspecified atom stereocenters. The Bertz CT molecular complexity index is 1190. The van der Waals surface area contributed by atoms with Gasteiger partial charge in [-0.1, -0.05) is 36.4 Å². The van der Waals surface area contributed by atoms with Crippen molar-refractivity contribution in [3.63, 3.8) is 0 Å². The van der Waals surface area contributed by atoms with Crippen molar-refractivity contribution in [2.75, 3.05) is 6.54 Å². The maximum atomic E-state index is 12.9. The first-order valence-electron chi connectivity index (χ1n) is 10.5. The van der Waals surface area contributed by atoms with Crippen molar-refractivity contribution in [1.29, 1.82) is 0 Å². The van der Waals surface area contributed by atoms with Crippen molar-refractivity contribution in [3.05, 3.63) is 87.7 Å². The van der Waals surface area contributed by atoms with E-state index in [1.54, 1.807) is 4.90 Å². The highest BCUT2D eigenvalue weighted by Crippen LogP contribution is 2.29. The molecule has 1 aliphatic heterocycles. The lowest BCUT2D eigenvalue weighted by Crippen LogP contribution is -2.37. The molecule has 0 spiro atoms. The quantitative estimate of drug-likeness (QED) is 0.613. The molecule has 2 amide bonds. The lowest BCUT2D eigenvalue weighted by atomic mass is 10.0. The Morgan fingerprint density at radius 2 is 1.94 bits per heavy atom. The molecule has 2 N–H and O–H groups in total. The summed E-state index contributed by atoms with van der Waals surface area (Å²) in [5.74, 6) is -0.537. The van der Waals surface area contributed by atoms with E-state index < -0.39 is 17.6 Å². The number of halogens is 3. The minimum absolute atomic E-state index is 0.0357. The van der Waals surface area contributed by atoms with Crippen molar-refractivity contribution in [3.8, 4) is 0 Å². The molecule has 1 aliphatic rings. The van der Waals surface area contributed by atoms with Crippen LogP contribution >= 0.6 is 0 Å². The van der Waals surface area contributed by atoms with E-state index in [0.29, 0.717) is 24.1 Å². The minimum Gasteiger partial charge on any atom is -0.347 e. The molecule has 6 nitrogen and oxygen atoms in total. The van der Waals surface area contributed by atoms with Crippen LogP contribution in [-0.4, -0.2) is 33.5 Å². The summed E-state index contributed by atoms with van der Waals surface area (Å²) in [5.41, 5.74) is 3.15. The van der Waals surface area contributed by atoms with Crippen LogP contribution in [0.2, 0.25) is 0 Å². The van der Waals surface area contributed by atoms with E-state index >= 15 is 0 Å². The summed E-state index contributed by atoms with van der Waals surface area (Å²) in [6.07, 6.45) is -3.63. The van der Waals surface area contributed by atoms with Crippen molar-refractivity contribution in [2.45, 2.75) is 39.0 Å². The molecule has 1 aromatic heterocycles. The van der Waals surface area contributed by atoms with Crippen LogP contribution in [0.15, 0.2) is 48.5 Å². The van der Waals surface area contributed by atoms with Gasteiger partial charge >= 0.3 is 6.18 Å². The smallest absolute Gasteiger partial charge is 0.347 e. The van der Waals surface area contributed by atoms with Gasteiger partial charge in [-0.2, -0.15) is 18.3 Å². The van der Waals surface area contributed by atoms with Gasteiger partial charge in [0.2, 0.25) is 5.91 Å². The number of H-pyrrole nitrogens is 1. The zero-order valence-electron chi connectivity index (χ0n) is 18.0. The Labute approximate surface area is 188 Å². The van der Waals surface area contributed by atoms with Gasteiger partial charge in [0.1, 0.15) is 0 Å². The lowest BCUT2D eigenvalue weighted by Gasteiger charge is -2.27. The van der Waals surface area contributed by atoms with E-state index in [2.05, 4.69) is 15.5 Å². The predicted octanol–water partition coefficient (Wildman–Crippen LogP) is 3.79. The number of aryl methyl sites for hydroxylation is 1. The first-order valence-corrected chi connectivity index (χ1v) is 10.5. The van der Waals surface area contributed by atoms with Crippen molar-refractivity contribution < 1.29 is 22.8 Å². The maximum Gasteiger partial charge on any atom is 0.416 e. The number of aromatic nitrogens is 2. The first kappa shape index (κ1) is 22.6. The summed E-state index contributed by atoms with van der Waals surface area (Å²) < 4.78 is 38.7.